The van der Waals surface area contributed by atoms with Gasteiger partial charge in [-0.15, -0.1) is 46.9 Å². The number of thiol groups is 1. The maximum Gasteiger partial charge on any atom is 0.326 e. The molecule has 2 unspecified atom stereocenters. The fraction of sp³-hybridized carbons (Fsp3) is 0.889. The van der Waals surface area contributed by atoms with Crippen molar-refractivity contribution in [3.05, 3.63) is 0 Å². The van der Waals surface area contributed by atoms with Crippen LogP contribution in [0, 0.1) is 0 Å². The molecule has 0 saturated carbocycles. The van der Waals surface area contributed by atoms with Crippen LogP contribution in [-0.4, -0.2) is 49.1 Å². The SMILES string of the molecule is CS1(CC(=O)OS)C(CCl)CSC12SCCS2. The minimum absolute atomic E-state index is 0.161. The van der Waals surface area contributed by atoms with Crippen LogP contribution in [0.3, 0.4) is 0 Å². The van der Waals surface area contributed by atoms with E-state index in [1.807, 2.05) is 35.3 Å². The normalized spacial score (nSPS) is 39.1. The van der Waals surface area contributed by atoms with Gasteiger partial charge < -0.3 is 4.18 Å². The molecule has 0 bridgehead atoms. The van der Waals surface area contributed by atoms with Gasteiger partial charge in [0.05, 0.1) is 5.75 Å². The van der Waals surface area contributed by atoms with Gasteiger partial charge in [0.2, 0.25) is 0 Å². The highest BCUT2D eigenvalue weighted by molar-refractivity contribution is 8.61. The fourth-order valence-electron chi connectivity index (χ4n) is 2.07. The first-order valence-electron chi connectivity index (χ1n) is 5.14. The Bertz CT molecular complexity index is 310. The van der Waals surface area contributed by atoms with Crippen molar-refractivity contribution in [3.8, 4) is 0 Å². The lowest BCUT2D eigenvalue weighted by Gasteiger charge is -2.46. The van der Waals surface area contributed by atoms with Crippen molar-refractivity contribution in [3.63, 3.8) is 0 Å². The van der Waals surface area contributed by atoms with Crippen LogP contribution >= 0.6 is 69.8 Å². The zero-order valence-electron chi connectivity index (χ0n) is 9.39. The second kappa shape index (κ2) is 5.87. The maximum absolute atomic E-state index is 11.6. The van der Waals surface area contributed by atoms with E-state index in [0.717, 1.165) is 5.75 Å². The van der Waals surface area contributed by atoms with Crippen molar-refractivity contribution in [2.24, 2.45) is 0 Å². The molecular weight excluding hydrogens is 336 g/mol. The van der Waals surface area contributed by atoms with E-state index < -0.39 is 10.0 Å². The molecule has 8 heteroatoms. The van der Waals surface area contributed by atoms with E-state index in [0.29, 0.717) is 16.9 Å². The molecule has 1 spiro atoms. The van der Waals surface area contributed by atoms with E-state index in [1.165, 1.54) is 11.5 Å². The van der Waals surface area contributed by atoms with Crippen LogP contribution in [0.15, 0.2) is 0 Å². The Labute approximate surface area is 127 Å². The molecule has 0 aliphatic carbocycles. The quantitative estimate of drug-likeness (QED) is 0.479. The Kier molecular flexibility index (Phi) is 5.15. The van der Waals surface area contributed by atoms with Gasteiger partial charge in [-0.3, -0.25) is 4.79 Å². The van der Waals surface area contributed by atoms with Crippen molar-refractivity contribution in [2.45, 2.75) is 7.99 Å². The minimum Gasteiger partial charge on any atom is -0.394 e. The molecule has 0 aromatic carbocycles. The molecule has 17 heavy (non-hydrogen) atoms. The molecule has 2 aliphatic heterocycles. The van der Waals surface area contributed by atoms with Gasteiger partial charge >= 0.3 is 5.97 Å². The summed E-state index contributed by atoms with van der Waals surface area (Å²) in [5.41, 5.74) is 0. The van der Waals surface area contributed by atoms with Crippen LogP contribution in [0.5, 0.6) is 0 Å². The van der Waals surface area contributed by atoms with Crippen LogP contribution in [0.25, 0.3) is 0 Å². The lowest BCUT2D eigenvalue weighted by Crippen LogP contribution is -2.31. The summed E-state index contributed by atoms with van der Waals surface area (Å²) < 4.78 is 4.74. The Morgan fingerprint density at radius 3 is 2.71 bits per heavy atom. The summed E-state index contributed by atoms with van der Waals surface area (Å²) in [4.78, 5) is 11.6. The fourth-order valence-corrected chi connectivity index (χ4v) is 16.1. The third-order valence-corrected chi connectivity index (χ3v) is 17.2. The third-order valence-electron chi connectivity index (χ3n) is 3.09. The summed E-state index contributed by atoms with van der Waals surface area (Å²) in [6.07, 6.45) is 2.26. The highest BCUT2D eigenvalue weighted by atomic mass is 35.5. The molecule has 2 aliphatic rings. The molecule has 2 rings (SSSR count). The molecular formula is C9H15ClO2S5. The third kappa shape index (κ3) is 2.57. The second-order valence-corrected chi connectivity index (χ2v) is 13.8. The zero-order chi connectivity index (χ0) is 12.5. The van der Waals surface area contributed by atoms with Crippen LogP contribution in [-0.2, 0) is 8.98 Å². The first-order valence-corrected chi connectivity index (χ1v) is 11.3. The van der Waals surface area contributed by atoms with Gasteiger partial charge in [0, 0.05) is 41.3 Å². The minimum atomic E-state index is -1.11. The molecule has 2 nitrogen and oxygen atoms in total. The van der Waals surface area contributed by atoms with Crippen molar-refractivity contribution in [2.75, 3.05) is 35.1 Å². The summed E-state index contributed by atoms with van der Waals surface area (Å²) in [7, 11) is -1.11. The van der Waals surface area contributed by atoms with Crippen LogP contribution < -0.4 is 0 Å². The largest absolute Gasteiger partial charge is 0.394 e. The van der Waals surface area contributed by atoms with Gasteiger partial charge in [-0.2, -0.15) is 10.0 Å². The number of thioether (sulfide) groups is 3. The number of hydrogen-bond donors (Lipinski definition) is 1. The molecule has 2 fully saturated rings. The smallest absolute Gasteiger partial charge is 0.326 e. The Balaban J connectivity index is 2.25. The van der Waals surface area contributed by atoms with Crippen LogP contribution in [0.1, 0.15) is 0 Å². The van der Waals surface area contributed by atoms with E-state index in [1.54, 1.807) is 0 Å². The number of rotatable bonds is 3. The lowest BCUT2D eigenvalue weighted by molar-refractivity contribution is -0.129. The number of halogens is 1. The highest BCUT2D eigenvalue weighted by Gasteiger charge is 2.57. The summed E-state index contributed by atoms with van der Waals surface area (Å²) in [6, 6.07) is 0. The molecule has 2 atom stereocenters. The predicted molar refractivity (Wildman–Crippen MR) is 88.1 cm³/mol. The van der Waals surface area contributed by atoms with E-state index in [9.17, 15) is 4.79 Å². The van der Waals surface area contributed by atoms with Crippen molar-refractivity contribution < 1.29 is 8.98 Å². The first kappa shape index (κ1) is 14.9. The summed E-state index contributed by atoms with van der Waals surface area (Å²) in [5, 5.41) is 0.444. The van der Waals surface area contributed by atoms with Gasteiger partial charge in [-0.05, 0) is 6.26 Å². The molecule has 0 N–H and O–H groups in total. The maximum atomic E-state index is 11.6. The molecule has 2 heterocycles. The van der Waals surface area contributed by atoms with Crippen molar-refractivity contribution in [1.82, 2.24) is 0 Å². The Morgan fingerprint density at radius 1 is 1.53 bits per heavy atom. The van der Waals surface area contributed by atoms with Crippen LogP contribution in [0.2, 0.25) is 0 Å². The summed E-state index contributed by atoms with van der Waals surface area (Å²) in [5.74, 6) is 4.32. The number of hydrogen-bond acceptors (Lipinski definition) is 6. The van der Waals surface area contributed by atoms with E-state index in [2.05, 4.69) is 23.3 Å². The summed E-state index contributed by atoms with van der Waals surface area (Å²) in [6.45, 7) is 0. The van der Waals surface area contributed by atoms with E-state index >= 15 is 0 Å². The average Bonchev–Trinajstić information content (AvgIpc) is 2.88. The van der Waals surface area contributed by atoms with E-state index in [4.69, 9.17) is 11.6 Å². The van der Waals surface area contributed by atoms with Gasteiger partial charge in [-0.25, -0.2) is 0 Å². The number of carbonyl (C=O) groups is 1. The number of carbonyl (C=O) groups excluding carboxylic acids is 1. The second-order valence-electron chi connectivity index (χ2n) is 4.05. The van der Waals surface area contributed by atoms with Crippen molar-refractivity contribution >= 4 is 75.8 Å². The standard InChI is InChI=1S/C9H15ClO2S5/c1-17(6-8(11)12-13)7(4-10)5-16-9(17)14-2-3-15-9/h7,13H,2-6H2,1H3. The molecule has 0 aromatic heterocycles. The average molecular weight is 351 g/mol. The zero-order valence-corrected chi connectivity index (χ0v) is 14.3. The van der Waals surface area contributed by atoms with Gasteiger partial charge in [-0.1, -0.05) is 0 Å². The Morgan fingerprint density at radius 2 is 2.18 bits per heavy atom. The molecule has 0 aromatic rings. The Hall–Kier alpha value is 1.51. The van der Waals surface area contributed by atoms with Gasteiger partial charge in [0.15, 0.2) is 0 Å². The van der Waals surface area contributed by atoms with E-state index in [-0.39, 0.29) is 8.71 Å². The number of alkyl halides is 1. The molecule has 0 amide bonds. The monoisotopic (exact) mass is 350 g/mol. The van der Waals surface area contributed by atoms with Gasteiger partial charge in [0.1, 0.15) is 2.74 Å². The predicted octanol–water partition coefficient (Wildman–Crippen LogP) is 3.25. The van der Waals surface area contributed by atoms with Crippen molar-refractivity contribution in [1.29, 1.82) is 0 Å². The highest BCUT2D eigenvalue weighted by Crippen LogP contribution is 2.80. The first-order chi connectivity index (χ1) is 8.08. The topological polar surface area (TPSA) is 26.3 Å². The van der Waals surface area contributed by atoms with Crippen LogP contribution in [0.4, 0.5) is 0 Å². The molecule has 100 valence electrons. The van der Waals surface area contributed by atoms with Gasteiger partial charge in [0.25, 0.3) is 0 Å². The molecule has 0 radical (unpaired) electrons. The lowest BCUT2D eigenvalue weighted by atomic mass is 10.5. The molecule has 2 saturated heterocycles. The summed E-state index contributed by atoms with van der Waals surface area (Å²) >= 11 is 15.7.